The van der Waals surface area contributed by atoms with Crippen LogP contribution in [-0.4, -0.2) is 0 Å². The first-order valence-corrected chi connectivity index (χ1v) is 0. The molecule has 52 valence electrons. The molecule has 0 aliphatic rings. The van der Waals surface area contributed by atoms with Gasteiger partial charge in [-0.2, -0.15) is 0 Å². The van der Waals surface area contributed by atoms with E-state index in [1.165, 1.54) is 0 Å². The van der Waals surface area contributed by atoms with Gasteiger partial charge in [-0.3, -0.25) is 0 Å². The molecule has 0 aromatic heterocycles. The second-order valence-electron chi connectivity index (χ2n) is 0. The molecule has 0 aliphatic heterocycles. The molecule has 0 radical (unpaired) electrons. The van der Waals surface area contributed by atoms with Gasteiger partial charge in [-0.05, 0) is 0 Å². The van der Waals surface area contributed by atoms with E-state index >= 15 is 0 Å². The van der Waals surface area contributed by atoms with Gasteiger partial charge in [-0.15, -0.1) is 0 Å². The Balaban J connectivity index is 0. The standard InChI is InChI=1S/6FH.U/h6*1H;/p-6. The summed E-state index contributed by atoms with van der Waals surface area (Å²) in [6.45, 7) is 0. The third-order valence-corrected chi connectivity index (χ3v) is 0. The van der Waals surface area contributed by atoms with Gasteiger partial charge in [0.25, 0.3) is 0 Å². The van der Waals surface area contributed by atoms with Crippen LogP contribution in [0.4, 0.5) is 0 Å². The molecular formula is F6U-6. The molecule has 0 spiro atoms. The SMILES string of the molecule is [F-].[F-].[F-].[F-].[F-].[F-].[U]. The Morgan fingerprint density at radius 1 is 0.286 bits per heavy atom. The average molecular weight is 352 g/mol. The van der Waals surface area contributed by atoms with E-state index in [9.17, 15) is 0 Å². The van der Waals surface area contributed by atoms with Crippen molar-refractivity contribution in [3.63, 3.8) is 0 Å². The van der Waals surface area contributed by atoms with E-state index in [0.29, 0.717) is 0 Å². The van der Waals surface area contributed by atoms with Crippen molar-refractivity contribution in [1.29, 1.82) is 0 Å². The first-order chi connectivity index (χ1) is 0. The van der Waals surface area contributed by atoms with Crippen LogP contribution >= 0.6 is 0 Å². The molecule has 0 saturated carbocycles. The van der Waals surface area contributed by atoms with Crippen molar-refractivity contribution in [2.45, 2.75) is 0 Å². The van der Waals surface area contributed by atoms with Crippen LogP contribution < -0.4 is 28.2 Å². The van der Waals surface area contributed by atoms with Crippen molar-refractivity contribution in [3.05, 3.63) is 0 Å². The minimum absolute atomic E-state index is 0. The maximum Gasteiger partial charge on any atom is 0 e. The van der Waals surface area contributed by atoms with E-state index in [4.69, 9.17) is 0 Å². The summed E-state index contributed by atoms with van der Waals surface area (Å²) in [6, 6.07) is 0. The van der Waals surface area contributed by atoms with Gasteiger partial charge < -0.3 is 28.2 Å². The van der Waals surface area contributed by atoms with Crippen LogP contribution in [0, 0.1) is 31.1 Å². The number of hydrogen-bond donors (Lipinski definition) is 0. The predicted molar refractivity (Wildman–Crippen MR) is 0 cm³/mol. The maximum atomic E-state index is 0. The zero-order chi connectivity index (χ0) is 0. The zero-order valence-electron chi connectivity index (χ0n) is 2.77. The fourth-order valence-corrected chi connectivity index (χ4v) is 0. The smallest absolute Gasteiger partial charge is 0 e. The molecule has 0 fully saturated rings. The van der Waals surface area contributed by atoms with Gasteiger partial charge in [-0.25, -0.2) is 0 Å². The monoisotopic (exact) mass is 352 g/mol. The van der Waals surface area contributed by atoms with Crippen LogP contribution in [0.15, 0.2) is 0 Å². The van der Waals surface area contributed by atoms with Crippen LogP contribution in [0.3, 0.4) is 0 Å². The van der Waals surface area contributed by atoms with Gasteiger partial charge >= 0.3 is 0 Å². The van der Waals surface area contributed by atoms with Crippen molar-refractivity contribution < 1.29 is 59.3 Å². The molecule has 7 heavy (non-hydrogen) atoms. The molecule has 0 unspecified atom stereocenters. The molecular weight excluding hydrogens is 352 g/mol. The summed E-state index contributed by atoms with van der Waals surface area (Å²) in [5, 5.41) is 0. The Bertz CT molecular complexity index is 4.14. The Morgan fingerprint density at radius 3 is 0.286 bits per heavy atom. The minimum atomic E-state index is 0. The summed E-state index contributed by atoms with van der Waals surface area (Å²) in [7, 11) is 0. The van der Waals surface area contributed by atoms with Crippen molar-refractivity contribution in [1.82, 2.24) is 0 Å². The van der Waals surface area contributed by atoms with Crippen molar-refractivity contribution in [3.8, 4) is 0 Å². The van der Waals surface area contributed by atoms with Gasteiger partial charge in [0.2, 0.25) is 0 Å². The first kappa shape index (κ1) is 841. The fraction of sp³-hybridized carbons (Fsp3) is 0. The van der Waals surface area contributed by atoms with Crippen molar-refractivity contribution in [2.24, 2.45) is 0 Å². The van der Waals surface area contributed by atoms with Gasteiger partial charge in [0, 0.05) is 31.1 Å². The molecule has 0 aromatic carbocycles. The normalized spacial score (nSPS) is 0. The molecule has 0 amide bonds. The number of hydrogen-bond acceptors (Lipinski definition) is 0. The Labute approximate surface area is 59.6 Å². The molecule has 0 heterocycles. The summed E-state index contributed by atoms with van der Waals surface area (Å²) in [5.41, 5.74) is 0. The minimum Gasteiger partial charge on any atom is -1.00 e. The fourth-order valence-electron chi connectivity index (χ4n) is 0. The van der Waals surface area contributed by atoms with E-state index in [1.807, 2.05) is 0 Å². The van der Waals surface area contributed by atoms with E-state index in [1.54, 1.807) is 0 Å². The van der Waals surface area contributed by atoms with Crippen LogP contribution in [0.2, 0.25) is 0 Å². The Kier molecular flexibility index (Phi) is 63200. The molecule has 0 aromatic rings. The van der Waals surface area contributed by atoms with E-state index < -0.39 is 0 Å². The quantitative estimate of drug-likeness (QED) is 0.380. The van der Waals surface area contributed by atoms with E-state index in [0.717, 1.165) is 0 Å². The Morgan fingerprint density at radius 2 is 0.286 bits per heavy atom. The summed E-state index contributed by atoms with van der Waals surface area (Å²) in [4.78, 5) is 0. The third kappa shape index (κ3) is 356. The van der Waals surface area contributed by atoms with E-state index in [-0.39, 0.29) is 59.3 Å². The topological polar surface area (TPSA) is 0 Å². The van der Waals surface area contributed by atoms with Gasteiger partial charge in [0.15, 0.2) is 0 Å². The molecule has 0 rings (SSSR count). The van der Waals surface area contributed by atoms with Crippen molar-refractivity contribution in [2.75, 3.05) is 0 Å². The summed E-state index contributed by atoms with van der Waals surface area (Å²) >= 11 is 0. The second kappa shape index (κ2) is 527. The molecule has 0 N–H and O–H groups in total. The van der Waals surface area contributed by atoms with Crippen LogP contribution in [0.1, 0.15) is 0 Å². The number of halogens is 6. The van der Waals surface area contributed by atoms with Crippen LogP contribution in [0.5, 0.6) is 0 Å². The Hall–Kier alpha value is 0.632. The molecule has 0 atom stereocenters. The molecule has 0 bridgehead atoms. The third-order valence-electron chi connectivity index (χ3n) is 0. The molecule has 7 heteroatoms. The number of rotatable bonds is 0. The molecule has 0 aliphatic carbocycles. The predicted octanol–water partition coefficient (Wildman–Crippen LogP) is -18.0. The summed E-state index contributed by atoms with van der Waals surface area (Å²) < 4.78 is 0. The summed E-state index contributed by atoms with van der Waals surface area (Å²) in [5.74, 6) is 0. The van der Waals surface area contributed by atoms with Crippen LogP contribution in [0.25, 0.3) is 0 Å². The van der Waals surface area contributed by atoms with E-state index in [2.05, 4.69) is 0 Å². The summed E-state index contributed by atoms with van der Waals surface area (Å²) in [6.07, 6.45) is 0. The van der Waals surface area contributed by atoms with Gasteiger partial charge in [-0.1, -0.05) is 0 Å². The van der Waals surface area contributed by atoms with Gasteiger partial charge in [0.1, 0.15) is 0 Å². The molecule has 0 nitrogen and oxygen atoms in total. The second-order valence-corrected chi connectivity index (χ2v) is 0. The average Bonchev–Trinajstić information content (AvgIpc) is 0. The van der Waals surface area contributed by atoms with Crippen LogP contribution in [-0.2, 0) is 0 Å². The first-order valence-electron chi connectivity index (χ1n) is 0. The van der Waals surface area contributed by atoms with Gasteiger partial charge in [0.05, 0.1) is 0 Å². The largest absolute Gasteiger partial charge is 1.00 e. The van der Waals surface area contributed by atoms with Crippen molar-refractivity contribution >= 4 is 0 Å². The zero-order valence-corrected chi connectivity index (χ0v) is 6.93. The maximum absolute atomic E-state index is 0. The molecule has 0 saturated heterocycles.